The Kier molecular flexibility index (Phi) is 4.13. The van der Waals surface area contributed by atoms with Crippen molar-refractivity contribution in [3.8, 4) is 0 Å². The Balaban J connectivity index is 1.90. The molecule has 3 nitrogen and oxygen atoms in total. The van der Waals surface area contributed by atoms with E-state index in [0.29, 0.717) is 13.2 Å². The Morgan fingerprint density at radius 3 is 3.05 bits per heavy atom. The summed E-state index contributed by atoms with van der Waals surface area (Å²) in [6, 6.07) is 6.37. The van der Waals surface area contributed by atoms with Crippen molar-refractivity contribution in [1.82, 2.24) is 4.90 Å². The number of furan rings is 1. The van der Waals surface area contributed by atoms with E-state index in [1.807, 2.05) is 0 Å². The quantitative estimate of drug-likeness (QED) is 0.629. The molecule has 0 spiro atoms. The van der Waals surface area contributed by atoms with Crippen LogP contribution in [0.4, 0.5) is 0 Å². The molecule has 3 heteroatoms. The summed E-state index contributed by atoms with van der Waals surface area (Å²) in [4.78, 5) is 2.35. The fourth-order valence-corrected chi connectivity index (χ4v) is 2.87. The number of allylic oxidation sites excluding steroid dienone is 1. The van der Waals surface area contributed by atoms with Crippen LogP contribution in [0.3, 0.4) is 0 Å². The number of likely N-dealkylation sites (N-methyl/N-ethyl adjacent to an activating group) is 1. The van der Waals surface area contributed by atoms with Crippen molar-refractivity contribution < 1.29 is 9.15 Å². The summed E-state index contributed by atoms with van der Waals surface area (Å²) in [7, 11) is 2.17. The first-order valence-electron chi connectivity index (χ1n) is 7.57. The van der Waals surface area contributed by atoms with Gasteiger partial charge in [0.05, 0.1) is 6.61 Å². The second kappa shape index (κ2) is 6.04. The van der Waals surface area contributed by atoms with Gasteiger partial charge in [-0.3, -0.25) is 0 Å². The molecule has 0 aliphatic carbocycles. The van der Waals surface area contributed by atoms with Gasteiger partial charge in [0.15, 0.2) is 0 Å². The third kappa shape index (κ3) is 3.04. The van der Waals surface area contributed by atoms with Crippen LogP contribution in [0.25, 0.3) is 11.0 Å². The molecule has 1 aromatic heterocycles. The average Bonchev–Trinajstić information content (AvgIpc) is 2.69. The zero-order chi connectivity index (χ0) is 14.8. The standard InChI is InChI=1S/C18H23NO2/c1-13(2)8-10-20-12-17-15-11-19(3)9-7-14-5-4-6-16(21-17)18(14)15/h4-6,8H,7,9-12H2,1-3H3. The van der Waals surface area contributed by atoms with Crippen LogP contribution in [0.15, 0.2) is 34.3 Å². The van der Waals surface area contributed by atoms with E-state index in [4.69, 9.17) is 9.15 Å². The van der Waals surface area contributed by atoms with Crippen LogP contribution in [0.2, 0.25) is 0 Å². The third-order valence-electron chi connectivity index (χ3n) is 4.02. The van der Waals surface area contributed by atoms with Crippen molar-refractivity contribution in [2.45, 2.75) is 33.4 Å². The minimum atomic E-state index is 0.543. The topological polar surface area (TPSA) is 25.6 Å². The largest absolute Gasteiger partial charge is 0.458 e. The number of hydrogen-bond acceptors (Lipinski definition) is 3. The van der Waals surface area contributed by atoms with Gasteiger partial charge in [-0.05, 0) is 38.9 Å². The SMILES string of the molecule is CC(C)=CCOCc1oc2cccc3c2c1CN(C)CC3. The van der Waals surface area contributed by atoms with E-state index in [2.05, 4.69) is 50.1 Å². The highest BCUT2D eigenvalue weighted by Crippen LogP contribution is 2.32. The van der Waals surface area contributed by atoms with E-state index >= 15 is 0 Å². The Morgan fingerprint density at radius 1 is 1.38 bits per heavy atom. The molecule has 3 rings (SSSR count). The van der Waals surface area contributed by atoms with E-state index in [9.17, 15) is 0 Å². The molecule has 0 fully saturated rings. The van der Waals surface area contributed by atoms with Gasteiger partial charge in [0.2, 0.25) is 0 Å². The first-order valence-corrected chi connectivity index (χ1v) is 7.57. The zero-order valence-corrected chi connectivity index (χ0v) is 13.1. The predicted molar refractivity (Wildman–Crippen MR) is 85.3 cm³/mol. The van der Waals surface area contributed by atoms with E-state index in [1.54, 1.807) is 0 Å². The predicted octanol–water partition coefficient (Wildman–Crippen LogP) is 3.90. The second-order valence-corrected chi connectivity index (χ2v) is 6.08. The summed E-state index contributed by atoms with van der Waals surface area (Å²) >= 11 is 0. The first-order chi connectivity index (χ1) is 10.1. The van der Waals surface area contributed by atoms with Gasteiger partial charge in [-0.2, -0.15) is 0 Å². The summed E-state index contributed by atoms with van der Waals surface area (Å²) in [5.41, 5.74) is 4.97. The molecule has 21 heavy (non-hydrogen) atoms. The van der Waals surface area contributed by atoms with Crippen LogP contribution in [0.5, 0.6) is 0 Å². The summed E-state index contributed by atoms with van der Waals surface area (Å²) in [5, 5.41) is 1.31. The maximum absolute atomic E-state index is 6.05. The lowest BCUT2D eigenvalue weighted by atomic mass is 10.0. The van der Waals surface area contributed by atoms with Crippen LogP contribution < -0.4 is 0 Å². The molecule has 1 aromatic carbocycles. The van der Waals surface area contributed by atoms with E-state index in [0.717, 1.165) is 30.9 Å². The molecule has 1 aliphatic heterocycles. The molecule has 2 aromatic rings. The second-order valence-electron chi connectivity index (χ2n) is 6.08. The zero-order valence-electron chi connectivity index (χ0n) is 13.1. The molecular weight excluding hydrogens is 262 g/mol. The lowest BCUT2D eigenvalue weighted by Crippen LogP contribution is -2.19. The normalized spacial score (nSPS) is 15.2. The summed E-state index contributed by atoms with van der Waals surface area (Å²) < 4.78 is 11.8. The van der Waals surface area contributed by atoms with Crippen LogP contribution in [0.1, 0.15) is 30.7 Å². The van der Waals surface area contributed by atoms with Gasteiger partial charge >= 0.3 is 0 Å². The van der Waals surface area contributed by atoms with Crippen LogP contribution >= 0.6 is 0 Å². The van der Waals surface area contributed by atoms with Crippen molar-refractivity contribution in [1.29, 1.82) is 0 Å². The minimum absolute atomic E-state index is 0.543. The molecule has 112 valence electrons. The highest BCUT2D eigenvalue weighted by Gasteiger charge is 2.21. The molecule has 0 bridgehead atoms. The number of hydrogen-bond donors (Lipinski definition) is 0. The van der Waals surface area contributed by atoms with Gasteiger partial charge in [-0.25, -0.2) is 0 Å². The van der Waals surface area contributed by atoms with Gasteiger partial charge in [0.1, 0.15) is 18.0 Å². The monoisotopic (exact) mass is 285 g/mol. The molecule has 2 heterocycles. The van der Waals surface area contributed by atoms with Crippen molar-refractivity contribution in [3.05, 3.63) is 46.7 Å². The molecule has 0 N–H and O–H groups in total. The lowest BCUT2D eigenvalue weighted by Gasteiger charge is -2.13. The van der Waals surface area contributed by atoms with Crippen LogP contribution in [-0.4, -0.2) is 25.1 Å². The van der Waals surface area contributed by atoms with Crippen LogP contribution in [0, 0.1) is 0 Å². The van der Waals surface area contributed by atoms with Gasteiger partial charge in [-0.15, -0.1) is 0 Å². The first kappa shape index (κ1) is 14.4. The lowest BCUT2D eigenvalue weighted by molar-refractivity contribution is 0.131. The molecule has 1 aliphatic rings. The number of benzene rings is 1. The maximum atomic E-state index is 6.05. The van der Waals surface area contributed by atoms with Crippen molar-refractivity contribution >= 4 is 11.0 Å². The molecule has 0 unspecified atom stereocenters. The van der Waals surface area contributed by atoms with E-state index in [1.165, 1.54) is 22.1 Å². The highest BCUT2D eigenvalue weighted by molar-refractivity contribution is 5.86. The molecule has 0 atom stereocenters. The molecule has 0 saturated carbocycles. The third-order valence-corrected chi connectivity index (χ3v) is 4.02. The van der Waals surface area contributed by atoms with Crippen molar-refractivity contribution in [2.24, 2.45) is 0 Å². The molecule has 0 saturated heterocycles. The van der Waals surface area contributed by atoms with Gasteiger partial charge in [-0.1, -0.05) is 23.8 Å². The molecule has 0 radical (unpaired) electrons. The highest BCUT2D eigenvalue weighted by atomic mass is 16.5. The Morgan fingerprint density at radius 2 is 2.24 bits per heavy atom. The fraction of sp³-hybridized carbons (Fsp3) is 0.444. The Labute approximate surface area is 126 Å². The van der Waals surface area contributed by atoms with Gasteiger partial charge < -0.3 is 14.1 Å². The minimum Gasteiger partial charge on any atom is -0.458 e. The number of nitrogens with zero attached hydrogens (tertiary/aromatic N) is 1. The maximum Gasteiger partial charge on any atom is 0.135 e. The van der Waals surface area contributed by atoms with Gasteiger partial charge in [0, 0.05) is 24.0 Å². The van der Waals surface area contributed by atoms with Crippen LogP contribution in [-0.2, 0) is 24.3 Å². The number of rotatable bonds is 4. The summed E-state index contributed by atoms with van der Waals surface area (Å²) in [5.74, 6) is 0.980. The average molecular weight is 285 g/mol. The molecular formula is C18H23NO2. The number of ether oxygens (including phenoxy) is 1. The van der Waals surface area contributed by atoms with E-state index < -0.39 is 0 Å². The van der Waals surface area contributed by atoms with Crippen molar-refractivity contribution in [3.63, 3.8) is 0 Å². The Bertz CT molecular complexity index is 665. The smallest absolute Gasteiger partial charge is 0.135 e. The van der Waals surface area contributed by atoms with Gasteiger partial charge in [0.25, 0.3) is 0 Å². The van der Waals surface area contributed by atoms with E-state index in [-0.39, 0.29) is 0 Å². The fourth-order valence-electron chi connectivity index (χ4n) is 2.87. The summed E-state index contributed by atoms with van der Waals surface area (Å²) in [6.07, 6.45) is 3.18. The Hall–Kier alpha value is -1.58. The van der Waals surface area contributed by atoms with Crippen molar-refractivity contribution in [2.75, 3.05) is 20.2 Å². The molecule has 0 amide bonds. The summed E-state index contributed by atoms with van der Waals surface area (Å²) in [6.45, 7) is 7.37.